The zero-order valence-corrected chi connectivity index (χ0v) is 10.1. The van der Waals surface area contributed by atoms with Gasteiger partial charge < -0.3 is 9.84 Å². The number of ether oxygens (including phenoxy) is 1. The Morgan fingerprint density at radius 2 is 2.21 bits per heavy atom. The number of carbonyl (C=O) groups is 1. The molecule has 1 aromatic heterocycles. The third-order valence-corrected chi connectivity index (χ3v) is 2.56. The van der Waals surface area contributed by atoms with Gasteiger partial charge in [0.05, 0.1) is 17.3 Å². The molecule has 19 heavy (non-hydrogen) atoms. The normalized spacial score (nSPS) is 9.68. The van der Waals surface area contributed by atoms with E-state index in [0.717, 1.165) is 0 Å². The van der Waals surface area contributed by atoms with Gasteiger partial charge in [-0.3, -0.25) is 4.98 Å². The highest BCUT2D eigenvalue weighted by Crippen LogP contribution is 2.25. The largest absolute Gasteiger partial charge is 0.478 e. The van der Waals surface area contributed by atoms with E-state index in [9.17, 15) is 4.79 Å². The van der Waals surface area contributed by atoms with Gasteiger partial charge in [0.1, 0.15) is 11.8 Å². The molecule has 0 unspecified atom stereocenters. The second kappa shape index (κ2) is 5.19. The summed E-state index contributed by atoms with van der Waals surface area (Å²) in [6.07, 6.45) is 2.95. The lowest BCUT2D eigenvalue weighted by Gasteiger charge is -2.08. The van der Waals surface area contributed by atoms with Gasteiger partial charge in [0.2, 0.25) is 0 Å². The number of pyridine rings is 1. The van der Waals surface area contributed by atoms with Crippen LogP contribution in [0.2, 0.25) is 0 Å². The molecule has 0 amide bonds. The first-order valence-corrected chi connectivity index (χ1v) is 5.47. The van der Waals surface area contributed by atoms with E-state index in [-0.39, 0.29) is 5.56 Å². The minimum absolute atomic E-state index is 0.221. The van der Waals surface area contributed by atoms with Gasteiger partial charge in [-0.25, -0.2) is 4.79 Å². The lowest BCUT2D eigenvalue weighted by atomic mass is 10.1. The standard InChI is InChI=1S/C14H10N2O3/c1-9-6-11(2-3-12(9)14(17)18)19-13-8-16-5-4-10(13)7-15/h2-6,8H,1H3,(H,17,18). The maximum Gasteiger partial charge on any atom is 0.335 e. The van der Waals surface area contributed by atoms with Gasteiger partial charge in [-0.1, -0.05) is 0 Å². The number of rotatable bonds is 3. The van der Waals surface area contributed by atoms with E-state index < -0.39 is 5.97 Å². The number of aromatic nitrogens is 1. The Morgan fingerprint density at radius 1 is 1.42 bits per heavy atom. The second-order valence-corrected chi connectivity index (χ2v) is 3.87. The van der Waals surface area contributed by atoms with Gasteiger partial charge in [-0.15, -0.1) is 0 Å². The number of nitrogens with zero attached hydrogens (tertiary/aromatic N) is 2. The Hall–Kier alpha value is -2.87. The van der Waals surface area contributed by atoms with Crippen molar-refractivity contribution in [1.82, 2.24) is 4.98 Å². The fourth-order valence-electron chi connectivity index (χ4n) is 1.62. The predicted octanol–water partition coefficient (Wildman–Crippen LogP) is 2.75. The zero-order chi connectivity index (χ0) is 13.8. The topological polar surface area (TPSA) is 83.2 Å². The number of benzene rings is 1. The molecule has 2 rings (SSSR count). The first-order chi connectivity index (χ1) is 9.11. The Kier molecular flexibility index (Phi) is 3.44. The molecule has 0 aliphatic carbocycles. The van der Waals surface area contributed by atoms with E-state index in [0.29, 0.717) is 22.6 Å². The van der Waals surface area contributed by atoms with E-state index in [1.165, 1.54) is 18.5 Å². The van der Waals surface area contributed by atoms with Crippen molar-refractivity contribution >= 4 is 5.97 Å². The van der Waals surface area contributed by atoms with Crippen molar-refractivity contribution in [3.8, 4) is 17.6 Å². The third kappa shape index (κ3) is 2.69. The number of carboxylic acid groups (broad SMARTS) is 1. The summed E-state index contributed by atoms with van der Waals surface area (Å²) < 4.78 is 5.54. The molecule has 2 aromatic rings. The van der Waals surface area contributed by atoms with E-state index in [4.69, 9.17) is 15.1 Å². The van der Waals surface area contributed by atoms with Crippen LogP contribution in [-0.4, -0.2) is 16.1 Å². The molecule has 0 saturated carbocycles. The van der Waals surface area contributed by atoms with Crippen LogP contribution in [0.3, 0.4) is 0 Å². The van der Waals surface area contributed by atoms with Gasteiger partial charge in [0, 0.05) is 6.20 Å². The van der Waals surface area contributed by atoms with Crippen LogP contribution in [0.15, 0.2) is 36.7 Å². The maximum atomic E-state index is 10.9. The summed E-state index contributed by atoms with van der Waals surface area (Å²) >= 11 is 0. The van der Waals surface area contributed by atoms with Crippen molar-refractivity contribution in [2.75, 3.05) is 0 Å². The van der Waals surface area contributed by atoms with E-state index in [1.807, 2.05) is 6.07 Å². The average molecular weight is 254 g/mol. The fourth-order valence-corrected chi connectivity index (χ4v) is 1.62. The van der Waals surface area contributed by atoms with Crippen LogP contribution in [0.5, 0.6) is 11.5 Å². The zero-order valence-electron chi connectivity index (χ0n) is 10.1. The first kappa shape index (κ1) is 12.6. The average Bonchev–Trinajstić information content (AvgIpc) is 2.39. The molecule has 0 aliphatic heterocycles. The van der Waals surface area contributed by atoms with Gasteiger partial charge >= 0.3 is 5.97 Å². The van der Waals surface area contributed by atoms with Crippen molar-refractivity contribution in [2.24, 2.45) is 0 Å². The van der Waals surface area contributed by atoms with Crippen LogP contribution >= 0.6 is 0 Å². The van der Waals surface area contributed by atoms with Gasteiger partial charge in [-0.05, 0) is 36.8 Å². The molecule has 1 heterocycles. The molecule has 1 aromatic carbocycles. The molecule has 1 N–H and O–H groups in total. The number of aryl methyl sites for hydroxylation is 1. The molecule has 0 spiro atoms. The molecule has 0 fully saturated rings. The summed E-state index contributed by atoms with van der Waals surface area (Å²) in [5.74, 6) is -0.178. The highest BCUT2D eigenvalue weighted by atomic mass is 16.5. The van der Waals surface area contributed by atoms with Crippen LogP contribution in [0, 0.1) is 18.3 Å². The van der Waals surface area contributed by atoms with Crippen LogP contribution in [0.4, 0.5) is 0 Å². The van der Waals surface area contributed by atoms with Crippen molar-refractivity contribution in [3.63, 3.8) is 0 Å². The molecule has 0 bridgehead atoms. The van der Waals surface area contributed by atoms with Gasteiger partial charge in [0.25, 0.3) is 0 Å². The highest BCUT2D eigenvalue weighted by molar-refractivity contribution is 5.89. The van der Waals surface area contributed by atoms with Crippen LogP contribution in [-0.2, 0) is 0 Å². The van der Waals surface area contributed by atoms with E-state index >= 15 is 0 Å². The lowest BCUT2D eigenvalue weighted by molar-refractivity contribution is 0.0696. The molecule has 0 aliphatic rings. The fraction of sp³-hybridized carbons (Fsp3) is 0.0714. The van der Waals surface area contributed by atoms with Gasteiger partial charge in [0.15, 0.2) is 5.75 Å². The first-order valence-electron chi connectivity index (χ1n) is 5.47. The SMILES string of the molecule is Cc1cc(Oc2cnccc2C#N)ccc1C(=O)O. The number of hydrogen-bond acceptors (Lipinski definition) is 4. The molecule has 0 atom stereocenters. The van der Waals surface area contributed by atoms with Crippen molar-refractivity contribution in [3.05, 3.63) is 53.3 Å². The van der Waals surface area contributed by atoms with Gasteiger partial charge in [-0.2, -0.15) is 5.26 Å². The Bertz CT molecular complexity index is 675. The summed E-state index contributed by atoms with van der Waals surface area (Å²) in [6.45, 7) is 1.69. The Labute approximate surface area is 109 Å². The summed E-state index contributed by atoms with van der Waals surface area (Å²) in [5, 5.41) is 17.9. The highest BCUT2D eigenvalue weighted by Gasteiger charge is 2.09. The molecular weight excluding hydrogens is 244 g/mol. The monoisotopic (exact) mass is 254 g/mol. The molecule has 94 valence electrons. The predicted molar refractivity (Wildman–Crippen MR) is 67.2 cm³/mol. The van der Waals surface area contributed by atoms with Crippen LogP contribution in [0.25, 0.3) is 0 Å². The summed E-state index contributed by atoms with van der Waals surface area (Å²) in [6, 6.07) is 8.17. The summed E-state index contributed by atoms with van der Waals surface area (Å²) in [5.41, 5.74) is 1.18. The van der Waals surface area contributed by atoms with Crippen LogP contribution < -0.4 is 4.74 Å². The Morgan fingerprint density at radius 3 is 2.84 bits per heavy atom. The Balaban J connectivity index is 2.32. The number of carboxylic acids is 1. The van der Waals surface area contributed by atoms with E-state index in [1.54, 1.807) is 25.1 Å². The van der Waals surface area contributed by atoms with E-state index in [2.05, 4.69) is 4.98 Å². The van der Waals surface area contributed by atoms with Crippen LogP contribution in [0.1, 0.15) is 21.5 Å². The van der Waals surface area contributed by atoms with Crippen molar-refractivity contribution in [1.29, 1.82) is 5.26 Å². The minimum atomic E-state index is -0.983. The summed E-state index contributed by atoms with van der Waals surface area (Å²) in [4.78, 5) is 14.8. The number of nitriles is 1. The second-order valence-electron chi connectivity index (χ2n) is 3.87. The molecule has 0 saturated heterocycles. The maximum absolute atomic E-state index is 10.9. The van der Waals surface area contributed by atoms with Crippen molar-refractivity contribution in [2.45, 2.75) is 6.92 Å². The summed E-state index contributed by atoms with van der Waals surface area (Å²) in [7, 11) is 0. The lowest BCUT2D eigenvalue weighted by Crippen LogP contribution is -1.99. The molecule has 0 radical (unpaired) electrons. The molecular formula is C14H10N2O3. The minimum Gasteiger partial charge on any atom is -0.478 e. The third-order valence-electron chi connectivity index (χ3n) is 2.56. The number of hydrogen-bond donors (Lipinski definition) is 1. The quantitative estimate of drug-likeness (QED) is 0.910. The van der Waals surface area contributed by atoms with Crippen molar-refractivity contribution < 1.29 is 14.6 Å². The molecule has 5 nitrogen and oxygen atoms in total. The smallest absolute Gasteiger partial charge is 0.335 e. The number of aromatic carboxylic acids is 1. The molecule has 5 heteroatoms.